The van der Waals surface area contributed by atoms with E-state index in [9.17, 15) is 15.2 Å². The summed E-state index contributed by atoms with van der Waals surface area (Å²) < 4.78 is 19.0. The van der Waals surface area contributed by atoms with Crippen molar-refractivity contribution in [1.82, 2.24) is 20.2 Å². The highest BCUT2D eigenvalue weighted by Crippen LogP contribution is 2.39. The summed E-state index contributed by atoms with van der Waals surface area (Å²) in [5, 5.41) is 23.4. The molecule has 2 unspecified atom stereocenters. The summed E-state index contributed by atoms with van der Waals surface area (Å²) in [6.07, 6.45) is 10.2. The number of nitrogens with one attached hydrogen (secondary N) is 1. The maximum atomic E-state index is 12.1. The molecule has 0 aliphatic carbocycles. The molecular formula is C42H42ClN5O5. The monoisotopic (exact) mass is 731 g/mol. The normalized spacial score (nSPS) is 21.4. The fourth-order valence-corrected chi connectivity index (χ4v) is 8.51. The number of likely N-dealkylation sites (tertiary alicyclic amines) is 1. The van der Waals surface area contributed by atoms with Gasteiger partial charge in [-0.3, -0.25) is 14.7 Å². The number of carbonyl (C=O) groups is 1. The Labute approximate surface area is 313 Å². The highest BCUT2D eigenvalue weighted by molar-refractivity contribution is 6.32. The second-order valence-electron chi connectivity index (χ2n) is 14.6. The molecule has 2 aromatic heterocycles. The maximum absolute atomic E-state index is 12.1. The summed E-state index contributed by atoms with van der Waals surface area (Å²) in [5.74, 6) is 1.37. The second-order valence-corrected chi connectivity index (χ2v) is 15.0. The number of halogens is 1. The van der Waals surface area contributed by atoms with Crippen LogP contribution in [0.1, 0.15) is 84.6 Å². The lowest BCUT2D eigenvalue weighted by atomic mass is 9.92. The maximum Gasteiger partial charge on any atom is 0.320 e. The SMILES string of the molecule is Cc1c(COc2cc(OCc3cncc(C#N)c3)c(CN3CCCC[C@H]3C(=O)O)cc2Cl)cccc1-c1ccc2oc(C3CC4CCC(C3)N4)nc2c1. The molecule has 11 heteroatoms. The summed E-state index contributed by atoms with van der Waals surface area (Å²) in [7, 11) is 0. The molecule has 3 fully saturated rings. The van der Waals surface area contributed by atoms with Crippen LogP contribution in [0.2, 0.25) is 5.02 Å². The van der Waals surface area contributed by atoms with Gasteiger partial charge in [-0.1, -0.05) is 42.3 Å². The molecule has 3 saturated heterocycles. The number of nitriles is 1. The molecule has 0 radical (unpaired) electrons. The van der Waals surface area contributed by atoms with E-state index in [2.05, 4.69) is 41.5 Å². The molecule has 3 aliphatic heterocycles. The number of fused-ring (bicyclic) bond motifs is 3. The molecule has 0 spiro atoms. The van der Waals surface area contributed by atoms with Gasteiger partial charge in [-0.25, -0.2) is 4.98 Å². The molecule has 5 heterocycles. The van der Waals surface area contributed by atoms with Crippen LogP contribution in [-0.4, -0.2) is 50.6 Å². The average molecular weight is 732 g/mol. The highest BCUT2D eigenvalue weighted by atomic mass is 35.5. The number of nitrogens with zero attached hydrogens (tertiary/aromatic N) is 4. The van der Waals surface area contributed by atoms with Crippen molar-refractivity contribution in [3.8, 4) is 28.7 Å². The lowest BCUT2D eigenvalue weighted by Gasteiger charge is -2.33. The third kappa shape index (κ3) is 7.61. The van der Waals surface area contributed by atoms with Crippen molar-refractivity contribution in [3.05, 3.63) is 106 Å². The van der Waals surface area contributed by atoms with Crippen molar-refractivity contribution >= 4 is 28.7 Å². The molecule has 3 atom stereocenters. The Morgan fingerprint density at radius 3 is 2.66 bits per heavy atom. The number of hydrogen-bond donors (Lipinski definition) is 2. The standard InChI is InChI=1S/C42H42ClN5O5/c1-25-29(5-4-6-34(25)28-8-11-38-36(17-28)47-41(53-38)30-14-32-9-10-33(15-30)46-32)24-52-40-18-39(51-23-27-13-26(19-44)20-45-21-27)31(16-35(40)43)22-48-12-3-2-7-37(48)42(49)50/h4-6,8,11,13,16-18,20-21,30,32-33,37,46H,2-3,7,9-10,12,14-15,22-24H2,1H3,(H,49,50)/t30?,32?,33?,37-/m0/s1. The van der Waals surface area contributed by atoms with Crippen LogP contribution in [-0.2, 0) is 24.6 Å². The summed E-state index contributed by atoms with van der Waals surface area (Å²) in [4.78, 5) is 23.2. The highest BCUT2D eigenvalue weighted by Gasteiger charge is 2.36. The molecule has 0 amide bonds. The van der Waals surface area contributed by atoms with E-state index in [0.717, 1.165) is 76.1 Å². The van der Waals surface area contributed by atoms with Crippen LogP contribution in [0.3, 0.4) is 0 Å². The zero-order valence-corrected chi connectivity index (χ0v) is 30.4. The van der Waals surface area contributed by atoms with E-state index in [1.54, 1.807) is 18.3 Å². The van der Waals surface area contributed by atoms with Gasteiger partial charge in [-0.05, 0) is 98.5 Å². The van der Waals surface area contributed by atoms with Crippen molar-refractivity contribution in [2.75, 3.05) is 6.54 Å². The average Bonchev–Trinajstić information content (AvgIpc) is 3.76. The fraction of sp³-hybridized carbons (Fsp3) is 0.381. The van der Waals surface area contributed by atoms with Gasteiger partial charge in [0.05, 0.1) is 10.6 Å². The summed E-state index contributed by atoms with van der Waals surface area (Å²) in [6.45, 7) is 3.56. The minimum Gasteiger partial charge on any atom is -0.488 e. The third-order valence-electron chi connectivity index (χ3n) is 11.1. The minimum absolute atomic E-state index is 0.163. The summed E-state index contributed by atoms with van der Waals surface area (Å²) >= 11 is 6.86. The van der Waals surface area contributed by atoms with Crippen LogP contribution in [0.5, 0.6) is 11.5 Å². The first kappa shape index (κ1) is 35.1. The summed E-state index contributed by atoms with van der Waals surface area (Å²) in [5.41, 5.74) is 7.87. The van der Waals surface area contributed by atoms with Gasteiger partial charge in [0.15, 0.2) is 11.5 Å². The topological polar surface area (TPSA) is 134 Å². The molecule has 2 bridgehead atoms. The van der Waals surface area contributed by atoms with Gasteiger partial charge in [-0.15, -0.1) is 0 Å². The summed E-state index contributed by atoms with van der Waals surface area (Å²) in [6, 6.07) is 20.4. The largest absolute Gasteiger partial charge is 0.488 e. The van der Waals surface area contributed by atoms with E-state index < -0.39 is 12.0 Å². The van der Waals surface area contributed by atoms with Gasteiger partial charge >= 0.3 is 5.97 Å². The van der Waals surface area contributed by atoms with Crippen LogP contribution in [0.4, 0.5) is 0 Å². The number of rotatable bonds is 11. The van der Waals surface area contributed by atoms with Crippen LogP contribution in [0, 0.1) is 18.3 Å². The molecular weight excluding hydrogens is 690 g/mol. The first-order valence-corrected chi connectivity index (χ1v) is 18.8. The zero-order chi connectivity index (χ0) is 36.5. The Hall–Kier alpha value is -4.95. The van der Waals surface area contributed by atoms with E-state index >= 15 is 0 Å². The Bertz CT molecular complexity index is 2180. The molecule has 5 aromatic rings. The predicted octanol–water partition coefficient (Wildman–Crippen LogP) is 8.32. The molecule has 272 valence electrons. The van der Waals surface area contributed by atoms with Crippen molar-refractivity contribution in [1.29, 1.82) is 5.26 Å². The molecule has 0 saturated carbocycles. The first-order chi connectivity index (χ1) is 25.8. The molecule has 10 nitrogen and oxygen atoms in total. The number of aromatic nitrogens is 2. The Morgan fingerprint density at radius 2 is 1.85 bits per heavy atom. The quantitative estimate of drug-likeness (QED) is 0.137. The van der Waals surface area contributed by atoms with Gasteiger partial charge in [0.25, 0.3) is 0 Å². The third-order valence-corrected chi connectivity index (χ3v) is 11.4. The minimum atomic E-state index is -0.829. The zero-order valence-electron chi connectivity index (χ0n) is 29.7. The molecule has 3 aromatic carbocycles. The van der Waals surface area contributed by atoms with Crippen molar-refractivity contribution < 1.29 is 23.8 Å². The van der Waals surface area contributed by atoms with Gasteiger partial charge in [0.2, 0.25) is 0 Å². The van der Waals surface area contributed by atoms with E-state index in [0.29, 0.717) is 59.6 Å². The van der Waals surface area contributed by atoms with Crippen LogP contribution in [0.15, 0.2) is 71.4 Å². The lowest BCUT2D eigenvalue weighted by molar-refractivity contribution is -0.144. The van der Waals surface area contributed by atoms with Crippen LogP contribution in [0.25, 0.3) is 22.2 Å². The van der Waals surface area contributed by atoms with E-state index in [4.69, 9.17) is 30.5 Å². The number of benzene rings is 3. The number of carboxylic acids is 1. The number of oxazole rings is 1. The van der Waals surface area contributed by atoms with Crippen molar-refractivity contribution in [3.63, 3.8) is 0 Å². The van der Waals surface area contributed by atoms with Gasteiger partial charge in [0, 0.05) is 54.1 Å². The first-order valence-electron chi connectivity index (χ1n) is 18.5. The van der Waals surface area contributed by atoms with Gasteiger partial charge in [0.1, 0.15) is 42.3 Å². The smallest absolute Gasteiger partial charge is 0.320 e. The molecule has 3 aliphatic rings. The van der Waals surface area contributed by atoms with E-state index in [-0.39, 0.29) is 13.2 Å². The Balaban J connectivity index is 1.02. The van der Waals surface area contributed by atoms with Crippen LogP contribution >= 0.6 is 11.6 Å². The number of hydrogen-bond acceptors (Lipinski definition) is 9. The second kappa shape index (κ2) is 15.2. The number of aliphatic carboxylic acids is 1. The number of piperidine rings is 2. The number of ether oxygens (including phenoxy) is 2. The lowest BCUT2D eigenvalue weighted by Crippen LogP contribution is -2.44. The fourth-order valence-electron chi connectivity index (χ4n) is 8.27. The molecule has 8 rings (SSSR count). The molecule has 2 N–H and O–H groups in total. The Morgan fingerprint density at radius 1 is 1.02 bits per heavy atom. The van der Waals surface area contributed by atoms with E-state index in [1.165, 1.54) is 19.0 Å². The van der Waals surface area contributed by atoms with Crippen LogP contribution < -0.4 is 14.8 Å². The molecule has 53 heavy (non-hydrogen) atoms. The van der Waals surface area contributed by atoms with Gasteiger partial charge in [-0.2, -0.15) is 5.26 Å². The van der Waals surface area contributed by atoms with Gasteiger partial charge < -0.3 is 24.3 Å². The Kier molecular flexibility index (Phi) is 10.1. The van der Waals surface area contributed by atoms with Crippen molar-refractivity contribution in [2.45, 2.75) is 95.7 Å². The number of pyridine rings is 1. The predicted molar refractivity (Wildman–Crippen MR) is 201 cm³/mol. The van der Waals surface area contributed by atoms with Crippen molar-refractivity contribution in [2.24, 2.45) is 0 Å². The number of carboxylic acid groups (broad SMARTS) is 1. The van der Waals surface area contributed by atoms with E-state index in [1.807, 2.05) is 29.2 Å².